The van der Waals surface area contributed by atoms with Crippen molar-refractivity contribution in [3.05, 3.63) is 40.3 Å². The number of aliphatic hydroxyl groups is 1. The summed E-state index contributed by atoms with van der Waals surface area (Å²) in [5.74, 6) is -0.389. The van der Waals surface area contributed by atoms with Gasteiger partial charge < -0.3 is 5.11 Å². The van der Waals surface area contributed by atoms with Crippen molar-refractivity contribution in [2.45, 2.75) is 39.0 Å². The van der Waals surface area contributed by atoms with Gasteiger partial charge in [-0.3, -0.25) is 9.59 Å². The first-order valence-electron chi connectivity index (χ1n) is 7.41. The molecule has 112 valence electrons. The van der Waals surface area contributed by atoms with Crippen LogP contribution in [0.1, 0.15) is 54.9 Å². The summed E-state index contributed by atoms with van der Waals surface area (Å²) < 4.78 is 0. The van der Waals surface area contributed by atoms with Gasteiger partial charge >= 0.3 is 0 Å². The van der Waals surface area contributed by atoms with E-state index < -0.39 is 11.6 Å². The first-order chi connectivity index (χ1) is 10.2. The number of hydrogen-bond acceptors (Lipinski definition) is 4. The van der Waals surface area contributed by atoms with Crippen molar-refractivity contribution in [3.8, 4) is 0 Å². The lowest BCUT2D eigenvalue weighted by molar-refractivity contribution is -0.111. The Hall–Kier alpha value is -1.55. The average molecular weight is 304 g/mol. The first-order valence-corrected chi connectivity index (χ1v) is 8.39. The highest BCUT2D eigenvalue weighted by atomic mass is 32.2. The van der Waals surface area contributed by atoms with Crippen LogP contribution < -0.4 is 0 Å². The van der Waals surface area contributed by atoms with E-state index in [-0.39, 0.29) is 10.7 Å². The fraction of sp³-hybridized carbons (Fsp3) is 0.412. The number of allylic oxidation sites excluding steroid dienone is 1. The van der Waals surface area contributed by atoms with E-state index in [9.17, 15) is 14.7 Å². The zero-order valence-corrected chi connectivity index (χ0v) is 13.0. The van der Waals surface area contributed by atoms with Gasteiger partial charge in [0.15, 0.2) is 0 Å². The van der Waals surface area contributed by atoms with E-state index in [1.807, 2.05) is 0 Å². The highest BCUT2D eigenvalue weighted by Crippen LogP contribution is 2.34. The van der Waals surface area contributed by atoms with Crippen LogP contribution in [-0.4, -0.2) is 22.4 Å². The van der Waals surface area contributed by atoms with E-state index in [0.717, 1.165) is 18.6 Å². The number of Topliss-reactive ketones (excluding diaryl/α,β-unsaturated/α-hetero) is 2. The zero-order chi connectivity index (χ0) is 15.2. The van der Waals surface area contributed by atoms with Crippen molar-refractivity contribution in [3.63, 3.8) is 0 Å². The van der Waals surface area contributed by atoms with Crippen LogP contribution >= 0.6 is 11.8 Å². The monoisotopic (exact) mass is 304 g/mol. The highest BCUT2D eigenvalue weighted by molar-refractivity contribution is 8.04. The normalized spacial score (nSPS) is 14.5. The van der Waals surface area contributed by atoms with Crippen LogP contribution in [-0.2, 0) is 4.79 Å². The molecule has 0 aliphatic heterocycles. The molecule has 0 spiro atoms. The molecule has 0 bridgehead atoms. The van der Waals surface area contributed by atoms with E-state index in [4.69, 9.17) is 0 Å². The smallest absolute Gasteiger partial charge is 0.243 e. The van der Waals surface area contributed by atoms with Crippen molar-refractivity contribution >= 4 is 29.1 Å². The number of ketones is 2. The predicted molar refractivity (Wildman–Crippen MR) is 86.5 cm³/mol. The number of benzene rings is 1. The molecule has 1 aromatic rings. The molecule has 0 aromatic heterocycles. The van der Waals surface area contributed by atoms with Gasteiger partial charge in [-0.2, -0.15) is 0 Å². The standard InChI is InChI=1S/C17H20O3S/c1-2-3-4-5-8-11-21-17-15(19)13-10-7-6-9-12(13)14(18)16(17)20/h6-7,9-10,19H,2-5,8,11H2,1H3. The summed E-state index contributed by atoms with van der Waals surface area (Å²) in [6, 6.07) is 6.71. The van der Waals surface area contributed by atoms with Gasteiger partial charge in [-0.25, -0.2) is 0 Å². The van der Waals surface area contributed by atoms with Crippen molar-refractivity contribution < 1.29 is 14.7 Å². The first kappa shape index (κ1) is 15.8. The Balaban J connectivity index is 2.05. The molecule has 1 N–H and O–H groups in total. The molecule has 3 nitrogen and oxygen atoms in total. The number of rotatable bonds is 7. The van der Waals surface area contributed by atoms with E-state index in [0.29, 0.717) is 11.1 Å². The summed E-state index contributed by atoms with van der Waals surface area (Å²) in [7, 11) is 0. The molecule has 0 atom stereocenters. The molecule has 0 heterocycles. The number of fused-ring (bicyclic) bond motifs is 1. The number of carbonyl (C=O) groups excluding carboxylic acids is 2. The minimum absolute atomic E-state index is 0.0474. The van der Waals surface area contributed by atoms with Crippen LogP contribution in [0.5, 0.6) is 0 Å². The van der Waals surface area contributed by atoms with Gasteiger partial charge in [-0.1, -0.05) is 56.9 Å². The Labute approximate surface area is 129 Å². The number of aliphatic hydroxyl groups excluding tert-OH is 1. The molecule has 0 unspecified atom stereocenters. The largest absolute Gasteiger partial charge is 0.506 e. The lowest BCUT2D eigenvalue weighted by Crippen LogP contribution is -2.22. The van der Waals surface area contributed by atoms with Crippen LogP contribution in [0, 0.1) is 0 Å². The summed E-state index contributed by atoms with van der Waals surface area (Å²) in [5, 5.41) is 10.2. The molecule has 0 amide bonds. The topological polar surface area (TPSA) is 54.4 Å². The molecule has 21 heavy (non-hydrogen) atoms. The molecule has 0 radical (unpaired) electrons. The molecular formula is C17H20O3S. The van der Waals surface area contributed by atoms with Gasteiger partial charge in [0.05, 0.1) is 0 Å². The van der Waals surface area contributed by atoms with E-state index in [1.165, 1.54) is 31.0 Å². The average Bonchev–Trinajstić information content (AvgIpc) is 2.51. The minimum Gasteiger partial charge on any atom is -0.506 e. The van der Waals surface area contributed by atoms with E-state index in [1.54, 1.807) is 24.3 Å². The summed E-state index contributed by atoms with van der Waals surface area (Å²) >= 11 is 1.30. The Bertz CT molecular complexity index is 575. The van der Waals surface area contributed by atoms with E-state index in [2.05, 4.69) is 6.92 Å². The summed E-state index contributed by atoms with van der Waals surface area (Å²) in [5.41, 5.74) is 0.767. The van der Waals surface area contributed by atoms with Crippen LogP contribution in [0.25, 0.3) is 5.76 Å². The summed E-state index contributed by atoms with van der Waals surface area (Å²) in [6.45, 7) is 2.17. The number of unbranched alkanes of at least 4 members (excludes halogenated alkanes) is 4. The Morgan fingerprint density at radius 3 is 2.33 bits per heavy atom. The van der Waals surface area contributed by atoms with Gasteiger partial charge in [0.2, 0.25) is 11.6 Å². The van der Waals surface area contributed by atoms with Crippen molar-refractivity contribution in [1.82, 2.24) is 0 Å². The molecule has 2 rings (SSSR count). The zero-order valence-electron chi connectivity index (χ0n) is 12.2. The van der Waals surface area contributed by atoms with Gasteiger partial charge in [0.1, 0.15) is 10.7 Å². The quantitative estimate of drug-likeness (QED) is 0.600. The third kappa shape index (κ3) is 3.56. The fourth-order valence-corrected chi connectivity index (χ4v) is 3.38. The van der Waals surface area contributed by atoms with Gasteiger partial charge in [0, 0.05) is 11.1 Å². The third-order valence-corrected chi connectivity index (χ3v) is 4.71. The van der Waals surface area contributed by atoms with Gasteiger partial charge in [-0.05, 0) is 12.2 Å². The molecule has 4 heteroatoms. The third-order valence-electron chi connectivity index (χ3n) is 3.55. The molecule has 0 saturated carbocycles. The fourth-order valence-electron chi connectivity index (χ4n) is 2.36. The van der Waals surface area contributed by atoms with Gasteiger partial charge in [-0.15, -0.1) is 11.8 Å². The van der Waals surface area contributed by atoms with Crippen LogP contribution in [0.15, 0.2) is 29.2 Å². The summed E-state index contributed by atoms with van der Waals surface area (Å²) in [4.78, 5) is 24.3. The lowest BCUT2D eigenvalue weighted by Gasteiger charge is -2.17. The highest BCUT2D eigenvalue weighted by Gasteiger charge is 2.32. The van der Waals surface area contributed by atoms with Gasteiger partial charge in [0.25, 0.3) is 0 Å². The Morgan fingerprint density at radius 2 is 1.62 bits per heavy atom. The molecule has 0 fully saturated rings. The minimum atomic E-state index is -0.579. The maximum atomic E-state index is 12.1. The molecule has 1 aliphatic rings. The molecule has 1 aromatic carbocycles. The van der Waals surface area contributed by atoms with Crippen molar-refractivity contribution in [2.24, 2.45) is 0 Å². The molecule has 0 saturated heterocycles. The number of hydrogen-bond donors (Lipinski definition) is 1. The second kappa shape index (κ2) is 7.46. The number of thioether (sulfide) groups is 1. The van der Waals surface area contributed by atoms with Crippen molar-refractivity contribution in [2.75, 3.05) is 5.75 Å². The number of carbonyl (C=O) groups is 2. The predicted octanol–water partition coefficient (Wildman–Crippen LogP) is 4.38. The van der Waals surface area contributed by atoms with Crippen LogP contribution in [0.4, 0.5) is 0 Å². The lowest BCUT2D eigenvalue weighted by atomic mass is 9.94. The van der Waals surface area contributed by atoms with Crippen LogP contribution in [0.2, 0.25) is 0 Å². The second-order valence-corrected chi connectivity index (χ2v) is 6.25. The molecular weight excluding hydrogens is 284 g/mol. The SMILES string of the molecule is CCCCCCCSC1=C(O)c2ccccc2C(=O)C1=O. The maximum absolute atomic E-state index is 12.1. The maximum Gasteiger partial charge on any atom is 0.243 e. The molecule has 1 aliphatic carbocycles. The second-order valence-electron chi connectivity index (χ2n) is 5.14. The Morgan fingerprint density at radius 1 is 0.952 bits per heavy atom. The summed E-state index contributed by atoms with van der Waals surface area (Å²) in [6.07, 6.45) is 5.72. The van der Waals surface area contributed by atoms with E-state index >= 15 is 0 Å². The van der Waals surface area contributed by atoms with Crippen LogP contribution in [0.3, 0.4) is 0 Å². The Kier molecular flexibility index (Phi) is 5.62. The van der Waals surface area contributed by atoms with Crippen molar-refractivity contribution in [1.29, 1.82) is 0 Å².